The largest absolute Gasteiger partial charge is 0.384 e. The van der Waals surface area contributed by atoms with Crippen LogP contribution >= 0.6 is 0 Å². The van der Waals surface area contributed by atoms with Gasteiger partial charge in [-0.25, -0.2) is 13.5 Å². The number of H-pyrrole nitrogens is 1. The van der Waals surface area contributed by atoms with E-state index in [2.05, 4.69) is 28.9 Å². The van der Waals surface area contributed by atoms with E-state index in [1.165, 1.54) is 6.20 Å². The number of rotatable bonds is 8. The first kappa shape index (κ1) is 21.1. The molecule has 0 fully saturated rings. The average Bonchev–Trinajstić information content (AvgIpc) is 2.99. The molecule has 2 heterocycles. The molecule has 156 valence electrons. The zero-order valence-electron chi connectivity index (χ0n) is 17.0. The van der Waals surface area contributed by atoms with Gasteiger partial charge in [-0.05, 0) is 45.1 Å². The number of sulfone groups is 1. The van der Waals surface area contributed by atoms with Crippen LogP contribution in [0.2, 0.25) is 0 Å². The standard InChI is InChI=1S/C20H27N5O3S/c1-4-24(5-2)11-6-12-25-17-16(13-22-23-20(17)26)18(19(25)21)29(27,28)15-9-7-14(3)8-10-15/h7-10,13H,4-6,11-12,21H2,1-3H3,(H,23,26). The fraction of sp³-hybridized carbons (Fsp3) is 0.400. The number of nitrogens with zero attached hydrogens (tertiary/aromatic N) is 3. The maximum atomic E-state index is 13.3. The minimum atomic E-state index is -3.91. The van der Waals surface area contributed by atoms with Crippen LogP contribution in [0.3, 0.4) is 0 Å². The van der Waals surface area contributed by atoms with E-state index in [0.717, 1.165) is 31.6 Å². The molecule has 9 heteroatoms. The Bertz CT molecular complexity index is 1160. The lowest BCUT2D eigenvalue weighted by Crippen LogP contribution is -2.25. The predicted molar refractivity (Wildman–Crippen MR) is 114 cm³/mol. The number of fused-ring (bicyclic) bond motifs is 1. The molecule has 0 saturated carbocycles. The average molecular weight is 418 g/mol. The highest BCUT2D eigenvalue weighted by Gasteiger charge is 2.29. The summed E-state index contributed by atoms with van der Waals surface area (Å²) in [5, 5.41) is 6.44. The molecule has 3 aromatic rings. The molecular weight excluding hydrogens is 390 g/mol. The quantitative estimate of drug-likeness (QED) is 0.581. The van der Waals surface area contributed by atoms with Gasteiger partial charge >= 0.3 is 0 Å². The van der Waals surface area contributed by atoms with E-state index in [9.17, 15) is 13.2 Å². The summed E-state index contributed by atoms with van der Waals surface area (Å²) >= 11 is 0. The number of benzene rings is 1. The van der Waals surface area contributed by atoms with Gasteiger partial charge in [0.25, 0.3) is 5.56 Å². The van der Waals surface area contributed by atoms with Crippen molar-refractivity contribution in [3.63, 3.8) is 0 Å². The van der Waals surface area contributed by atoms with Crippen LogP contribution in [0, 0.1) is 6.92 Å². The summed E-state index contributed by atoms with van der Waals surface area (Å²) in [7, 11) is -3.91. The number of nitrogens with one attached hydrogen (secondary N) is 1. The van der Waals surface area contributed by atoms with Crippen molar-refractivity contribution >= 4 is 26.6 Å². The van der Waals surface area contributed by atoms with Crippen LogP contribution in [0.1, 0.15) is 25.8 Å². The lowest BCUT2D eigenvalue weighted by Gasteiger charge is -2.18. The SMILES string of the molecule is CCN(CC)CCCn1c(N)c(S(=O)(=O)c2ccc(C)cc2)c2cn[nH]c(=O)c21. The van der Waals surface area contributed by atoms with Gasteiger partial charge in [-0.1, -0.05) is 31.5 Å². The van der Waals surface area contributed by atoms with Crippen molar-refractivity contribution in [1.82, 2.24) is 19.7 Å². The first-order valence-electron chi connectivity index (χ1n) is 9.70. The highest BCUT2D eigenvalue weighted by atomic mass is 32.2. The van der Waals surface area contributed by atoms with Gasteiger partial charge in [0, 0.05) is 11.9 Å². The van der Waals surface area contributed by atoms with Crippen molar-refractivity contribution in [2.75, 3.05) is 25.4 Å². The Morgan fingerprint density at radius 3 is 2.45 bits per heavy atom. The maximum Gasteiger partial charge on any atom is 0.288 e. The fourth-order valence-electron chi connectivity index (χ4n) is 3.55. The van der Waals surface area contributed by atoms with Crippen LogP contribution in [0.5, 0.6) is 0 Å². The van der Waals surface area contributed by atoms with E-state index in [1.54, 1.807) is 28.8 Å². The van der Waals surface area contributed by atoms with Crippen LogP contribution in [0.4, 0.5) is 5.82 Å². The number of aromatic nitrogens is 3. The second kappa shape index (κ2) is 8.38. The predicted octanol–water partition coefficient (Wildman–Crippen LogP) is 2.18. The van der Waals surface area contributed by atoms with Gasteiger partial charge in [-0.2, -0.15) is 5.10 Å². The van der Waals surface area contributed by atoms with E-state index in [1.807, 2.05) is 6.92 Å². The minimum Gasteiger partial charge on any atom is -0.384 e. The smallest absolute Gasteiger partial charge is 0.288 e. The summed E-state index contributed by atoms with van der Waals surface area (Å²) in [6, 6.07) is 6.57. The van der Waals surface area contributed by atoms with E-state index < -0.39 is 15.4 Å². The second-order valence-electron chi connectivity index (χ2n) is 7.02. The van der Waals surface area contributed by atoms with Crippen molar-refractivity contribution < 1.29 is 8.42 Å². The fourth-order valence-corrected chi connectivity index (χ4v) is 5.10. The Hall–Kier alpha value is -2.65. The molecular formula is C20H27N5O3S. The van der Waals surface area contributed by atoms with Crippen molar-refractivity contribution in [2.24, 2.45) is 0 Å². The normalized spacial score (nSPS) is 12.1. The summed E-state index contributed by atoms with van der Waals surface area (Å²) in [6.45, 7) is 9.18. The number of nitrogens with two attached hydrogens (primary N) is 1. The number of hydrogen-bond acceptors (Lipinski definition) is 6. The molecule has 0 saturated heterocycles. The van der Waals surface area contributed by atoms with Crippen molar-refractivity contribution in [2.45, 2.75) is 43.5 Å². The molecule has 0 aliphatic heterocycles. The Balaban J connectivity index is 2.12. The first-order valence-corrected chi connectivity index (χ1v) is 11.2. The van der Waals surface area contributed by atoms with Gasteiger partial charge in [-0.15, -0.1) is 0 Å². The third kappa shape index (κ3) is 3.92. The molecule has 0 aliphatic rings. The molecule has 3 N–H and O–H groups in total. The molecule has 29 heavy (non-hydrogen) atoms. The molecule has 0 aliphatic carbocycles. The van der Waals surface area contributed by atoms with Crippen LogP contribution < -0.4 is 11.3 Å². The lowest BCUT2D eigenvalue weighted by molar-refractivity contribution is 0.294. The zero-order chi connectivity index (χ0) is 21.2. The van der Waals surface area contributed by atoms with Crippen LogP contribution in [-0.4, -0.2) is 47.7 Å². The Morgan fingerprint density at radius 1 is 1.17 bits per heavy atom. The summed E-state index contributed by atoms with van der Waals surface area (Å²) < 4.78 is 28.3. The second-order valence-corrected chi connectivity index (χ2v) is 8.91. The van der Waals surface area contributed by atoms with E-state index in [4.69, 9.17) is 5.73 Å². The lowest BCUT2D eigenvalue weighted by atomic mass is 10.2. The highest BCUT2D eigenvalue weighted by Crippen LogP contribution is 2.34. The van der Waals surface area contributed by atoms with E-state index in [0.29, 0.717) is 6.54 Å². The molecule has 0 bridgehead atoms. The third-order valence-electron chi connectivity index (χ3n) is 5.22. The van der Waals surface area contributed by atoms with Gasteiger partial charge in [0.2, 0.25) is 9.84 Å². The van der Waals surface area contributed by atoms with Gasteiger partial charge in [0.15, 0.2) is 0 Å². The summed E-state index contributed by atoms with van der Waals surface area (Å²) in [6.07, 6.45) is 2.09. The summed E-state index contributed by atoms with van der Waals surface area (Å²) in [5.41, 5.74) is 7.05. The van der Waals surface area contributed by atoms with Crippen molar-refractivity contribution in [3.05, 3.63) is 46.4 Å². The van der Waals surface area contributed by atoms with E-state index >= 15 is 0 Å². The molecule has 2 aromatic heterocycles. The summed E-state index contributed by atoms with van der Waals surface area (Å²) in [5.74, 6) is 0.0682. The topological polar surface area (TPSA) is 114 Å². The molecule has 0 spiro atoms. The summed E-state index contributed by atoms with van der Waals surface area (Å²) in [4.78, 5) is 14.8. The maximum absolute atomic E-state index is 13.3. The number of aromatic amines is 1. The number of hydrogen-bond donors (Lipinski definition) is 2. The van der Waals surface area contributed by atoms with Crippen molar-refractivity contribution in [1.29, 1.82) is 0 Å². The molecule has 0 unspecified atom stereocenters. The molecule has 3 rings (SSSR count). The molecule has 8 nitrogen and oxygen atoms in total. The van der Waals surface area contributed by atoms with Gasteiger partial charge in [-0.3, -0.25) is 4.79 Å². The first-order chi connectivity index (χ1) is 13.8. The van der Waals surface area contributed by atoms with Gasteiger partial charge in [0.1, 0.15) is 16.2 Å². The minimum absolute atomic E-state index is 0.0576. The molecule has 0 amide bonds. The molecule has 1 aromatic carbocycles. The van der Waals surface area contributed by atoms with Crippen LogP contribution in [0.15, 0.2) is 45.0 Å². The Labute approximate surface area is 170 Å². The number of anilines is 1. The number of nitrogen functional groups attached to an aromatic ring is 1. The Kier molecular flexibility index (Phi) is 6.09. The van der Waals surface area contributed by atoms with Gasteiger partial charge in [0.05, 0.1) is 11.1 Å². The highest BCUT2D eigenvalue weighted by molar-refractivity contribution is 7.92. The molecule has 0 atom stereocenters. The zero-order valence-corrected chi connectivity index (χ0v) is 17.8. The third-order valence-corrected chi connectivity index (χ3v) is 7.08. The van der Waals surface area contributed by atoms with Crippen LogP contribution in [-0.2, 0) is 16.4 Å². The van der Waals surface area contributed by atoms with Crippen LogP contribution in [0.25, 0.3) is 10.9 Å². The van der Waals surface area contributed by atoms with Crippen molar-refractivity contribution in [3.8, 4) is 0 Å². The molecule has 0 radical (unpaired) electrons. The van der Waals surface area contributed by atoms with Gasteiger partial charge < -0.3 is 15.2 Å². The van der Waals surface area contributed by atoms with E-state index in [-0.39, 0.29) is 26.5 Å². The number of aryl methyl sites for hydroxylation is 2. The Morgan fingerprint density at radius 2 is 1.83 bits per heavy atom. The monoisotopic (exact) mass is 417 g/mol.